The Kier molecular flexibility index (Phi) is 14.0. The summed E-state index contributed by atoms with van der Waals surface area (Å²) in [7, 11) is 3.43. The average Bonchev–Trinajstić information content (AvgIpc) is 1.61. The number of methoxy groups -OCH3 is 2. The lowest BCUT2D eigenvalue weighted by Gasteiger charge is -2.28. The van der Waals surface area contributed by atoms with Crippen LogP contribution in [0.15, 0.2) is 267 Å². The van der Waals surface area contributed by atoms with Crippen molar-refractivity contribution in [1.29, 1.82) is 0 Å². The molecule has 0 saturated heterocycles. The van der Waals surface area contributed by atoms with Crippen molar-refractivity contribution < 1.29 is 9.47 Å². The van der Waals surface area contributed by atoms with Crippen LogP contribution in [-0.4, -0.2) is 14.2 Å². The van der Waals surface area contributed by atoms with E-state index >= 15 is 0 Å². The van der Waals surface area contributed by atoms with Crippen LogP contribution in [0.4, 0.5) is 34.1 Å². The molecule has 4 heteroatoms. The molecule has 12 aromatic rings. The number of hydrogen-bond acceptors (Lipinski definition) is 4. The first-order valence-corrected chi connectivity index (χ1v) is 31.7. The Morgan fingerprint density at radius 2 is 0.473 bits per heavy atom. The molecular formula is C87H72N2O2. The van der Waals surface area contributed by atoms with Gasteiger partial charge in [0.25, 0.3) is 0 Å². The van der Waals surface area contributed by atoms with Crippen molar-refractivity contribution in [2.75, 3.05) is 24.0 Å². The molecule has 0 aliphatic heterocycles. The summed E-state index contributed by atoms with van der Waals surface area (Å²) in [5.41, 5.74) is 31.4. The maximum absolute atomic E-state index is 5.58. The molecule has 442 valence electrons. The van der Waals surface area contributed by atoms with Gasteiger partial charge in [-0.15, -0.1) is 0 Å². The van der Waals surface area contributed by atoms with Crippen LogP contribution >= 0.6 is 0 Å². The van der Waals surface area contributed by atoms with E-state index in [1.807, 2.05) is 24.3 Å². The lowest BCUT2D eigenvalue weighted by molar-refractivity contribution is 0.414. The Hall–Kier alpha value is -10.7. The van der Waals surface area contributed by atoms with E-state index in [4.69, 9.17) is 9.47 Å². The van der Waals surface area contributed by atoms with Gasteiger partial charge >= 0.3 is 0 Å². The summed E-state index contributed by atoms with van der Waals surface area (Å²) in [6.45, 7) is 14.2. The van der Waals surface area contributed by atoms with E-state index < -0.39 is 0 Å². The van der Waals surface area contributed by atoms with Gasteiger partial charge in [-0.2, -0.15) is 0 Å². The molecule has 0 radical (unpaired) electrons. The average molecular weight is 1180 g/mol. The van der Waals surface area contributed by atoms with Gasteiger partial charge in [0.15, 0.2) is 0 Å². The minimum atomic E-state index is -0.220. The van der Waals surface area contributed by atoms with Crippen LogP contribution in [0, 0.1) is 0 Å². The van der Waals surface area contributed by atoms with Gasteiger partial charge in [0, 0.05) is 50.4 Å². The highest BCUT2D eigenvalue weighted by molar-refractivity contribution is 5.91. The molecule has 0 amide bonds. The first-order valence-electron chi connectivity index (χ1n) is 31.7. The van der Waals surface area contributed by atoms with E-state index in [-0.39, 0.29) is 16.2 Å². The Balaban J connectivity index is 0.655. The van der Waals surface area contributed by atoms with E-state index in [9.17, 15) is 0 Å². The zero-order chi connectivity index (χ0) is 62.2. The van der Waals surface area contributed by atoms with Gasteiger partial charge in [0.2, 0.25) is 0 Å². The Bertz CT molecular complexity index is 4510. The van der Waals surface area contributed by atoms with Crippen LogP contribution in [0.3, 0.4) is 0 Å². The third-order valence-corrected chi connectivity index (χ3v) is 19.7. The fraction of sp³-hybridized carbons (Fsp3) is 0.126. The number of anilines is 6. The van der Waals surface area contributed by atoms with E-state index in [0.717, 1.165) is 45.6 Å². The third kappa shape index (κ3) is 10.0. The molecule has 4 nitrogen and oxygen atoms in total. The van der Waals surface area contributed by atoms with Crippen molar-refractivity contribution in [3.05, 3.63) is 323 Å². The van der Waals surface area contributed by atoms with Gasteiger partial charge in [-0.05, 0) is 208 Å². The number of fused-ring (bicyclic) bond motifs is 9. The second-order valence-electron chi connectivity index (χ2n) is 26.1. The lowest BCUT2D eigenvalue weighted by Crippen LogP contribution is -2.16. The van der Waals surface area contributed by atoms with Crippen molar-refractivity contribution in [2.45, 2.75) is 57.8 Å². The molecular weight excluding hydrogens is 1100 g/mol. The van der Waals surface area contributed by atoms with Gasteiger partial charge < -0.3 is 19.3 Å². The van der Waals surface area contributed by atoms with Crippen molar-refractivity contribution in [2.24, 2.45) is 0 Å². The summed E-state index contributed by atoms with van der Waals surface area (Å²) >= 11 is 0. The van der Waals surface area contributed by atoms with Gasteiger partial charge in [-0.1, -0.05) is 236 Å². The SMILES string of the molecule is COc1ccc(N(c2ccc(-c3ccccc3)cc2)c2ccc3c(c2)C(C)(C)c2cc(/C=C/c4ccc5c(c4)C(C)(C)c4cc(/C=C/c6ccc7c(c6)C(C)(C)c6cc(N(c8ccc(OC)cc8)c8ccc(-c9ccccc9)cc8)ccc6-7)ccc4-5)ccc2-3)cc1. The molecule has 0 fully saturated rings. The predicted octanol–water partition coefficient (Wildman–Crippen LogP) is 23.2. The molecule has 0 spiro atoms. The predicted molar refractivity (Wildman–Crippen MR) is 383 cm³/mol. The highest BCUT2D eigenvalue weighted by atomic mass is 16.5. The van der Waals surface area contributed by atoms with E-state index in [1.165, 1.54) is 111 Å². The summed E-state index contributed by atoms with van der Waals surface area (Å²) < 4.78 is 11.2. The summed E-state index contributed by atoms with van der Waals surface area (Å²) in [6, 6.07) is 97.7. The fourth-order valence-corrected chi connectivity index (χ4v) is 14.6. The van der Waals surface area contributed by atoms with Gasteiger partial charge in [0.1, 0.15) is 11.5 Å². The molecule has 0 atom stereocenters. The highest BCUT2D eigenvalue weighted by Gasteiger charge is 2.39. The molecule has 0 N–H and O–H groups in total. The van der Waals surface area contributed by atoms with Crippen molar-refractivity contribution in [1.82, 2.24) is 0 Å². The van der Waals surface area contributed by atoms with Crippen LogP contribution in [0.1, 0.15) is 97.2 Å². The second-order valence-corrected chi connectivity index (χ2v) is 26.1. The number of benzene rings is 12. The van der Waals surface area contributed by atoms with Crippen molar-refractivity contribution >= 4 is 58.4 Å². The van der Waals surface area contributed by atoms with Crippen LogP contribution < -0.4 is 19.3 Å². The molecule has 91 heavy (non-hydrogen) atoms. The minimum Gasteiger partial charge on any atom is -0.497 e. The number of hydrogen-bond donors (Lipinski definition) is 0. The Morgan fingerprint density at radius 3 is 0.747 bits per heavy atom. The summed E-state index contributed by atoms with van der Waals surface area (Å²) in [5.74, 6) is 1.67. The lowest BCUT2D eigenvalue weighted by atomic mass is 9.81. The van der Waals surface area contributed by atoms with E-state index in [0.29, 0.717) is 0 Å². The first kappa shape index (κ1) is 56.8. The Labute approximate surface area is 536 Å². The zero-order valence-electron chi connectivity index (χ0n) is 52.9. The van der Waals surface area contributed by atoms with Gasteiger partial charge in [-0.3, -0.25) is 0 Å². The molecule has 0 saturated carbocycles. The molecule has 3 aliphatic rings. The number of ether oxygens (including phenoxy) is 2. The largest absolute Gasteiger partial charge is 0.497 e. The Morgan fingerprint density at radius 1 is 0.242 bits per heavy atom. The van der Waals surface area contributed by atoms with Crippen LogP contribution in [0.5, 0.6) is 11.5 Å². The zero-order valence-corrected chi connectivity index (χ0v) is 52.9. The standard InChI is InChI=1S/C87H72N2O2/c1-85(2)79-51-57(19-21-59-25-47-75-77-49-39-69(55-83(77)86(3,4)81(75)53-59)88(67-35-41-71(90-7)42-36-67)65-31-27-63(28-32-65)61-15-11-9-12-16-61)23-45-73(79)74-46-24-58(52-80(74)85)20-22-60-26-48-76-78-50-40-70(56-84(78)87(5,6)82(76)54-60)89(68-37-43-72(91-8)44-38-68)66-33-29-64(30-34-66)62-17-13-10-14-18-62/h9-56H,1-8H3/b21-19+,22-20+. The maximum atomic E-state index is 5.58. The summed E-state index contributed by atoms with van der Waals surface area (Å²) in [6.07, 6.45) is 9.15. The molecule has 12 aromatic carbocycles. The molecule has 0 heterocycles. The van der Waals surface area contributed by atoms with E-state index in [1.54, 1.807) is 14.2 Å². The molecule has 0 unspecified atom stereocenters. The number of rotatable bonds is 14. The highest BCUT2D eigenvalue weighted by Crippen LogP contribution is 2.54. The third-order valence-electron chi connectivity index (χ3n) is 19.7. The van der Waals surface area contributed by atoms with Crippen LogP contribution in [-0.2, 0) is 16.2 Å². The molecule has 0 aromatic heterocycles. The number of nitrogens with zero attached hydrogens (tertiary/aromatic N) is 2. The van der Waals surface area contributed by atoms with Crippen molar-refractivity contribution in [3.8, 4) is 67.1 Å². The van der Waals surface area contributed by atoms with Gasteiger partial charge in [0.05, 0.1) is 14.2 Å². The van der Waals surface area contributed by atoms with Crippen LogP contribution in [0.25, 0.3) is 79.9 Å². The maximum Gasteiger partial charge on any atom is 0.119 e. The van der Waals surface area contributed by atoms with Crippen LogP contribution in [0.2, 0.25) is 0 Å². The quantitative estimate of drug-likeness (QED) is 0.101. The molecule has 0 bridgehead atoms. The minimum absolute atomic E-state index is 0.175. The fourth-order valence-electron chi connectivity index (χ4n) is 14.6. The first-order chi connectivity index (χ1) is 44.2. The summed E-state index contributed by atoms with van der Waals surface area (Å²) in [4.78, 5) is 4.70. The molecule has 15 rings (SSSR count). The smallest absolute Gasteiger partial charge is 0.119 e. The normalized spacial score (nSPS) is 14.1. The monoisotopic (exact) mass is 1180 g/mol. The van der Waals surface area contributed by atoms with E-state index in [2.05, 4.69) is 318 Å². The van der Waals surface area contributed by atoms with Crippen molar-refractivity contribution in [3.63, 3.8) is 0 Å². The second kappa shape index (κ2) is 22.4. The summed E-state index contributed by atoms with van der Waals surface area (Å²) in [5, 5.41) is 0. The van der Waals surface area contributed by atoms with Gasteiger partial charge in [-0.25, -0.2) is 0 Å². The molecule has 3 aliphatic carbocycles. The topological polar surface area (TPSA) is 24.9 Å².